The van der Waals surface area contributed by atoms with Crippen LogP contribution in [-0.4, -0.2) is 12.1 Å². The van der Waals surface area contributed by atoms with Gasteiger partial charge in [0.05, 0.1) is 0 Å². The Labute approximate surface area is 145 Å². The first-order valence-electron chi connectivity index (χ1n) is 10.2. The van der Waals surface area contributed by atoms with Gasteiger partial charge in [-0.05, 0) is 66.6 Å². The Morgan fingerprint density at radius 2 is 1.13 bits per heavy atom. The summed E-state index contributed by atoms with van der Waals surface area (Å²) in [5.41, 5.74) is 13.4. The predicted molar refractivity (Wildman–Crippen MR) is 101 cm³/mol. The SMILES string of the molecule is CCC1CC(C(C)(C)C2CC(C)C(N)C(C)C2)CC(CC)C1N. The Bertz CT molecular complexity index is 352. The second kappa shape index (κ2) is 7.44. The molecule has 23 heavy (non-hydrogen) atoms. The van der Waals surface area contributed by atoms with Crippen LogP contribution in [0.5, 0.6) is 0 Å². The van der Waals surface area contributed by atoms with E-state index in [2.05, 4.69) is 41.5 Å². The lowest BCUT2D eigenvalue weighted by Crippen LogP contribution is -2.50. The van der Waals surface area contributed by atoms with Crippen LogP contribution in [0.3, 0.4) is 0 Å². The van der Waals surface area contributed by atoms with Crippen molar-refractivity contribution in [1.29, 1.82) is 0 Å². The van der Waals surface area contributed by atoms with E-state index < -0.39 is 0 Å². The second-order valence-electron chi connectivity index (χ2n) is 9.60. The monoisotopic (exact) mass is 322 g/mol. The van der Waals surface area contributed by atoms with Crippen molar-refractivity contribution in [3.05, 3.63) is 0 Å². The molecule has 0 aromatic carbocycles. The Balaban J connectivity index is 2.14. The molecule has 0 bridgehead atoms. The van der Waals surface area contributed by atoms with Gasteiger partial charge in [0.25, 0.3) is 0 Å². The fourth-order valence-corrected chi connectivity index (χ4v) is 5.82. The molecule has 4 atom stereocenters. The van der Waals surface area contributed by atoms with Gasteiger partial charge in [-0.25, -0.2) is 0 Å². The van der Waals surface area contributed by atoms with Gasteiger partial charge in [-0.1, -0.05) is 54.4 Å². The maximum Gasteiger partial charge on any atom is 0.00956 e. The lowest BCUT2D eigenvalue weighted by molar-refractivity contribution is -0.00751. The molecular weight excluding hydrogens is 280 g/mol. The Kier molecular flexibility index (Phi) is 6.22. The van der Waals surface area contributed by atoms with Crippen LogP contribution < -0.4 is 11.5 Å². The van der Waals surface area contributed by atoms with Crippen molar-refractivity contribution >= 4 is 0 Å². The lowest BCUT2D eigenvalue weighted by atomic mass is 9.54. The fourth-order valence-electron chi connectivity index (χ4n) is 5.82. The molecule has 0 aliphatic heterocycles. The van der Waals surface area contributed by atoms with Gasteiger partial charge in [-0.15, -0.1) is 0 Å². The van der Waals surface area contributed by atoms with Gasteiger partial charge in [-0.2, -0.15) is 0 Å². The van der Waals surface area contributed by atoms with Crippen molar-refractivity contribution in [1.82, 2.24) is 0 Å². The number of hydrogen-bond acceptors (Lipinski definition) is 2. The molecular formula is C21H42N2. The summed E-state index contributed by atoms with van der Waals surface area (Å²) in [7, 11) is 0. The lowest BCUT2D eigenvalue weighted by Gasteiger charge is -2.52. The molecule has 2 fully saturated rings. The van der Waals surface area contributed by atoms with E-state index in [-0.39, 0.29) is 0 Å². The molecule has 0 aromatic heterocycles. The summed E-state index contributed by atoms with van der Waals surface area (Å²) in [6.45, 7) is 14.5. The van der Waals surface area contributed by atoms with E-state index in [1.54, 1.807) is 0 Å². The topological polar surface area (TPSA) is 52.0 Å². The number of rotatable bonds is 4. The van der Waals surface area contributed by atoms with Crippen molar-refractivity contribution in [2.75, 3.05) is 0 Å². The summed E-state index contributed by atoms with van der Waals surface area (Å²) >= 11 is 0. The van der Waals surface area contributed by atoms with Gasteiger partial charge in [0.15, 0.2) is 0 Å². The molecule has 0 radical (unpaired) electrons. The molecule has 2 saturated carbocycles. The van der Waals surface area contributed by atoms with Gasteiger partial charge in [0.2, 0.25) is 0 Å². The predicted octanol–water partition coefficient (Wildman–Crippen LogP) is 4.81. The quantitative estimate of drug-likeness (QED) is 0.780. The average Bonchev–Trinajstić information content (AvgIpc) is 2.52. The summed E-state index contributed by atoms with van der Waals surface area (Å²) in [6, 6.07) is 0.822. The molecule has 0 aromatic rings. The Morgan fingerprint density at radius 3 is 1.52 bits per heavy atom. The van der Waals surface area contributed by atoms with Gasteiger partial charge in [-0.3, -0.25) is 0 Å². The van der Waals surface area contributed by atoms with Gasteiger partial charge in [0.1, 0.15) is 0 Å². The van der Waals surface area contributed by atoms with E-state index in [1.165, 1.54) is 38.5 Å². The summed E-state index contributed by atoms with van der Waals surface area (Å²) in [6.07, 6.45) is 7.79. The zero-order chi connectivity index (χ0) is 17.4. The van der Waals surface area contributed by atoms with Crippen molar-refractivity contribution in [3.8, 4) is 0 Å². The van der Waals surface area contributed by atoms with Crippen LogP contribution >= 0.6 is 0 Å². The third kappa shape index (κ3) is 3.79. The van der Waals surface area contributed by atoms with Crippen LogP contribution in [-0.2, 0) is 0 Å². The molecule has 0 amide bonds. The van der Waals surface area contributed by atoms with Crippen molar-refractivity contribution in [3.63, 3.8) is 0 Å². The van der Waals surface area contributed by atoms with Gasteiger partial charge < -0.3 is 11.5 Å². The first kappa shape index (κ1) is 19.2. The normalized spacial score (nSPS) is 45.9. The zero-order valence-corrected chi connectivity index (χ0v) is 16.5. The minimum atomic E-state index is 0.397. The smallest absolute Gasteiger partial charge is 0.00956 e. The van der Waals surface area contributed by atoms with Crippen LogP contribution in [0.4, 0.5) is 0 Å². The van der Waals surface area contributed by atoms with E-state index in [0.717, 1.165) is 23.7 Å². The Hall–Kier alpha value is -0.0800. The summed E-state index contributed by atoms with van der Waals surface area (Å²) in [5.74, 6) is 4.42. The molecule has 0 saturated heterocycles. The Morgan fingerprint density at radius 1 is 0.739 bits per heavy atom. The molecule has 4 N–H and O–H groups in total. The molecule has 2 aliphatic carbocycles. The van der Waals surface area contributed by atoms with Crippen molar-refractivity contribution < 1.29 is 0 Å². The van der Waals surface area contributed by atoms with E-state index in [1.807, 2.05) is 0 Å². The van der Waals surface area contributed by atoms with E-state index >= 15 is 0 Å². The highest BCUT2D eigenvalue weighted by molar-refractivity contribution is 4.98. The third-order valence-corrected chi connectivity index (χ3v) is 8.04. The van der Waals surface area contributed by atoms with Crippen LogP contribution in [0.1, 0.15) is 80.1 Å². The first-order valence-corrected chi connectivity index (χ1v) is 10.2. The molecule has 2 aliphatic rings. The number of hydrogen-bond donors (Lipinski definition) is 2. The molecule has 0 spiro atoms. The van der Waals surface area contributed by atoms with Crippen LogP contribution in [0.2, 0.25) is 0 Å². The average molecular weight is 323 g/mol. The third-order valence-electron chi connectivity index (χ3n) is 8.04. The summed E-state index contributed by atoms with van der Waals surface area (Å²) in [5, 5.41) is 0. The van der Waals surface area contributed by atoms with Crippen molar-refractivity contribution in [2.24, 2.45) is 52.4 Å². The second-order valence-corrected chi connectivity index (χ2v) is 9.60. The molecule has 136 valence electrons. The van der Waals surface area contributed by atoms with E-state index in [0.29, 0.717) is 29.3 Å². The maximum atomic E-state index is 6.57. The van der Waals surface area contributed by atoms with Crippen molar-refractivity contribution in [2.45, 2.75) is 92.2 Å². The molecule has 2 rings (SSSR count). The summed E-state index contributed by atoms with van der Waals surface area (Å²) in [4.78, 5) is 0. The minimum Gasteiger partial charge on any atom is -0.327 e. The van der Waals surface area contributed by atoms with Crippen LogP contribution in [0, 0.1) is 40.9 Å². The molecule has 2 nitrogen and oxygen atoms in total. The summed E-state index contributed by atoms with van der Waals surface area (Å²) < 4.78 is 0. The fraction of sp³-hybridized carbons (Fsp3) is 1.00. The first-order chi connectivity index (χ1) is 10.7. The van der Waals surface area contributed by atoms with E-state index in [9.17, 15) is 0 Å². The molecule has 4 unspecified atom stereocenters. The number of nitrogens with two attached hydrogens (primary N) is 2. The van der Waals surface area contributed by atoms with Crippen LogP contribution in [0.25, 0.3) is 0 Å². The molecule has 0 heterocycles. The molecule has 2 heteroatoms. The van der Waals surface area contributed by atoms with E-state index in [4.69, 9.17) is 11.5 Å². The standard InChI is InChI=1S/C21H42N2/c1-7-15-11-18(12-16(8-2)20(15)23)21(5,6)17-9-13(3)19(22)14(4)10-17/h13-20H,7-12,22-23H2,1-6H3. The maximum absolute atomic E-state index is 6.57. The largest absolute Gasteiger partial charge is 0.327 e. The highest BCUT2D eigenvalue weighted by atomic mass is 14.7. The van der Waals surface area contributed by atoms with Crippen LogP contribution in [0.15, 0.2) is 0 Å². The highest BCUT2D eigenvalue weighted by Crippen LogP contribution is 2.52. The van der Waals surface area contributed by atoms with Gasteiger partial charge >= 0.3 is 0 Å². The minimum absolute atomic E-state index is 0.397. The van der Waals surface area contributed by atoms with Gasteiger partial charge in [0, 0.05) is 12.1 Å². The zero-order valence-electron chi connectivity index (χ0n) is 16.5. The highest BCUT2D eigenvalue weighted by Gasteiger charge is 2.46.